The summed E-state index contributed by atoms with van der Waals surface area (Å²) in [6.45, 7) is 0.743. The van der Waals surface area contributed by atoms with E-state index in [2.05, 4.69) is 26.8 Å². The Bertz CT molecular complexity index is 422. The van der Waals surface area contributed by atoms with Crippen LogP contribution in [0.1, 0.15) is 5.56 Å². The Hall–Kier alpha value is -1.03. The van der Waals surface area contributed by atoms with E-state index in [0.29, 0.717) is 0 Å². The standard InChI is InChI=1S/C13H12BrClN2/c14-11-3-7-13(8-4-11)17-16-9-10-1-5-12(15)6-2-10/h1-8,16-17H,9H2. The Morgan fingerprint density at radius 1 is 0.941 bits per heavy atom. The molecule has 0 saturated heterocycles. The van der Waals surface area contributed by atoms with Crippen molar-refractivity contribution in [2.24, 2.45) is 0 Å². The SMILES string of the molecule is Clc1ccc(CNNc2ccc(Br)cc2)cc1. The molecule has 0 aliphatic carbocycles. The van der Waals surface area contributed by atoms with Crippen molar-refractivity contribution < 1.29 is 0 Å². The first kappa shape index (κ1) is 12.4. The molecule has 2 aromatic rings. The third-order valence-electron chi connectivity index (χ3n) is 2.28. The molecule has 0 fully saturated rings. The van der Waals surface area contributed by atoms with Gasteiger partial charge in [-0.2, -0.15) is 0 Å². The Morgan fingerprint density at radius 3 is 2.24 bits per heavy atom. The van der Waals surface area contributed by atoms with Crippen LogP contribution in [0.4, 0.5) is 5.69 Å². The van der Waals surface area contributed by atoms with E-state index in [1.54, 1.807) is 0 Å². The average molecular weight is 312 g/mol. The minimum Gasteiger partial charge on any atom is -0.321 e. The number of benzene rings is 2. The third-order valence-corrected chi connectivity index (χ3v) is 3.06. The van der Waals surface area contributed by atoms with Crippen LogP contribution in [0.5, 0.6) is 0 Å². The average Bonchev–Trinajstić information content (AvgIpc) is 2.34. The number of anilines is 1. The van der Waals surface area contributed by atoms with Crippen LogP contribution >= 0.6 is 27.5 Å². The third kappa shape index (κ3) is 4.04. The molecule has 4 heteroatoms. The van der Waals surface area contributed by atoms with E-state index in [0.717, 1.165) is 21.7 Å². The number of hydrazine groups is 1. The zero-order valence-electron chi connectivity index (χ0n) is 9.08. The van der Waals surface area contributed by atoms with E-state index in [4.69, 9.17) is 11.6 Å². The molecule has 2 aromatic carbocycles. The van der Waals surface area contributed by atoms with Crippen molar-refractivity contribution in [1.82, 2.24) is 5.43 Å². The van der Waals surface area contributed by atoms with Gasteiger partial charge in [0.1, 0.15) is 0 Å². The molecule has 2 rings (SSSR count). The Kier molecular flexibility index (Phi) is 4.42. The van der Waals surface area contributed by atoms with Gasteiger partial charge in [0, 0.05) is 21.7 Å². The minimum absolute atomic E-state index is 0.743. The van der Waals surface area contributed by atoms with Crippen molar-refractivity contribution in [3.8, 4) is 0 Å². The monoisotopic (exact) mass is 310 g/mol. The van der Waals surface area contributed by atoms with Crippen LogP contribution in [0.25, 0.3) is 0 Å². The van der Waals surface area contributed by atoms with E-state index in [-0.39, 0.29) is 0 Å². The van der Waals surface area contributed by atoms with Crippen molar-refractivity contribution in [2.75, 3.05) is 5.43 Å². The van der Waals surface area contributed by atoms with Crippen LogP contribution in [0.15, 0.2) is 53.0 Å². The van der Waals surface area contributed by atoms with Gasteiger partial charge in [-0.1, -0.05) is 39.7 Å². The highest BCUT2D eigenvalue weighted by Crippen LogP contribution is 2.13. The van der Waals surface area contributed by atoms with E-state index in [1.165, 1.54) is 5.56 Å². The van der Waals surface area contributed by atoms with E-state index < -0.39 is 0 Å². The lowest BCUT2D eigenvalue weighted by Gasteiger charge is -2.08. The number of hydrogen-bond donors (Lipinski definition) is 2. The molecule has 0 spiro atoms. The van der Waals surface area contributed by atoms with Crippen LogP contribution < -0.4 is 10.9 Å². The molecule has 0 aromatic heterocycles. The summed E-state index contributed by atoms with van der Waals surface area (Å²) in [7, 11) is 0. The molecule has 0 atom stereocenters. The Balaban J connectivity index is 1.83. The summed E-state index contributed by atoms with van der Waals surface area (Å²) < 4.78 is 1.07. The van der Waals surface area contributed by atoms with Gasteiger partial charge in [-0.3, -0.25) is 0 Å². The van der Waals surface area contributed by atoms with Crippen molar-refractivity contribution >= 4 is 33.2 Å². The molecule has 17 heavy (non-hydrogen) atoms. The van der Waals surface area contributed by atoms with Gasteiger partial charge >= 0.3 is 0 Å². The maximum Gasteiger partial charge on any atom is 0.0488 e. The van der Waals surface area contributed by atoms with Crippen molar-refractivity contribution in [2.45, 2.75) is 6.54 Å². The Morgan fingerprint density at radius 2 is 1.59 bits per heavy atom. The summed E-state index contributed by atoms with van der Waals surface area (Å²) in [6, 6.07) is 15.8. The van der Waals surface area contributed by atoms with Gasteiger partial charge in [0.25, 0.3) is 0 Å². The summed E-state index contributed by atoms with van der Waals surface area (Å²) in [6.07, 6.45) is 0. The van der Waals surface area contributed by atoms with Crippen molar-refractivity contribution in [3.05, 3.63) is 63.6 Å². The smallest absolute Gasteiger partial charge is 0.0488 e. The summed E-state index contributed by atoms with van der Waals surface area (Å²) in [5.41, 5.74) is 8.49. The maximum atomic E-state index is 5.82. The largest absolute Gasteiger partial charge is 0.321 e. The quantitative estimate of drug-likeness (QED) is 0.826. The number of halogens is 2. The first-order valence-corrected chi connectivity index (χ1v) is 6.40. The van der Waals surface area contributed by atoms with Crippen LogP contribution in [0.2, 0.25) is 5.02 Å². The second kappa shape index (κ2) is 6.05. The molecule has 0 aliphatic rings. The van der Waals surface area contributed by atoms with Gasteiger partial charge < -0.3 is 5.43 Å². The van der Waals surface area contributed by atoms with Crippen LogP contribution in [0, 0.1) is 0 Å². The topological polar surface area (TPSA) is 24.1 Å². The minimum atomic E-state index is 0.743. The molecule has 2 N–H and O–H groups in total. The zero-order chi connectivity index (χ0) is 12.1. The second-order valence-electron chi connectivity index (χ2n) is 3.61. The molecule has 0 radical (unpaired) electrons. The van der Waals surface area contributed by atoms with Crippen molar-refractivity contribution in [3.63, 3.8) is 0 Å². The highest BCUT2D eigenvalue weighted by atomic mass is 79.9. The highest BCUT2D eigenvalue weighted by Gasteiger charge is 1.93. The zero-order valence-corrected chi connectivity index (χ0v) is 11.4. The molecule has 88 valence electrons. The summed E-state index contributed by atoms with van der Waals surface area (Å²) in [5.74, 6) is 0. The summed E-state index contributed by atoms with van der Waals surface area (Å²) >= 11 is 9.21. The second-order valence-corrected chi connectivity index (χ2v) is 4.96. The van der Waals surface area contributed by atoms with Crippen molar-refractivity contribution in [1.29, 1.82) is 0 Å². The number of nitrogens with one attached hydrogen (secondary N) is 2. The lowest BCUT2D eigenvalue weighted by Crippen LogP contribution is -2.20. The number of rotatable bonds is 4. The van der Waals surface area contributed by atoms with Gasteiger partial charge in [-0.15, -0.1) is 0 Å². The maximum absolute atomic E-state index is 5.82. The Labute approximate surface area is 114 Å². The molecule has 0 aliphatic heterocycles. The molecular weight excluding hydrogens is 300 g/mol. The number of hydrogen-bond acceptors (Lipinski definition) is 2. The first-order valence-electron chi connectivity index (χ1n) is 5.23. The van der Waals surface area contributed by atoms with E-state index in [9.17, 15) is 0 Å². The molecule has 0 amide bonds. The lowest BCUT2D eigenvalue weighted by atomic mass is 10.2. The van der Waals surface area contributed by atoms with Gasteiger partial charge in [0.2, 0.25) is 0 Å². The van der Waals surface area contributed by atoms with Crippen LogP contribution in [0.3, 0.4) is 0 Å². The molecule has 0 bridgehead atoms. The highest BCUT2D eigenvalue weighted by molar-refractivity contribution is 9.10. The lowest BCUT2D eigenvalue weighted by molar-refractivity contribution is 0.801. The predicted molar refractivity (Wildman–Crippen MR) is 76.1 cm³/mol. The normalized spacial score (nSPS) is 10.2. The fourth-order valence-electron chi connectivity index (χ4n) is 1.38. The predicted octanol–water partition coefficient (Wildman–Crippen LogP) is 4.22. The first-order chi connectivity index (χ1) is 8.24. The fourth-order valence-corrected chi connectivity index (χ4v) is 1.77. The van der Waals surface area contributed by atoms with Gasteiger partial charge in [-0.05, 0) is 42.0 Å². The van der Waals surface area contributed by atoms with E-state index in [1.807, 2.05) is 48.5 Å². The molecule has 0 unspecified atom stereocenters. The molecule has 2 nitrogen and oxygen atoms in total. The van der Waals surface area contributed by atoms with Crippen LogP contribution in [-0.4, -0.2) is 0 Å². The van der Waals surface area contributed by atoms with E-state index >= 15 is 0 Å². The van der Waals surface area contributed by atoms with Crippen LogP contribution in [-0.2, 0) is 6.54 Å². The summed E-state index contributed by atoms with van der Waals surface area (Å²) in [5, 5.41) is 0.759. The van der Waals surface area contributed by atoms with Gasteiger partial charge in [-0.25, -0.2) is 5.43 Å². The summed E-state index contributed by atoms with van der Waals surface area (Å²) in [4.78, 5) is 0. The van der Waals surface area contributed by atoms with Gasteiger partial charge in [0.05, 0.1) is 0 Å². The molecular formula is C13H12BrClN2. The fraction of sp³-hybridized carbons (Fsp3) is 0.0769. The molecule has 0 heterocycles. The van der Waals surface area contributed by atoms with Gasteiger partial charge in [0.15, 0.2) is 0 Å². The molecule has 0 saturated carbocycles.